The third kappa shape index (κ3) is 6.66. The van der Waals surface area contributed by atoms with E-state index in [0.29, 0.717) is 22.1 Å². The van der Waals surface area contributed by atoms with Gasteiger partial charge in [0.2, 0.25) is 5.82 Å². The van der Waals surface area contributed by atoms with Crippen molar-refractivity contribution in [1.29, 1.82) is 5.26 Å². The molecule has 0 spiro atoms. The summed E-state index contributed by atoms with van der Waals surface area (Å²) in [5.41, 5.74) is 7.77. The molecule has 0 aliphatic heterocycles. The predicted octanol–water partition coefficient (Wildman–Crippen LogP) is 15.6. The Morgan fingerprint density at radius 3 is 1.16 bits per heavy atom. The molecule has 8 aromatic carbocycles. The van der Waals surface area contributed by atoms with E-state index in [0.717, 1.165) is 66.3 Å². The van der Waals surface area contributed by atoms with Crippen LogP contribution < -0.4 is 0 Å². The first kappa shape index (κ1) is 41.2. The monoisotopic (exact) mass is 905 g/mol. The van der Waals surface area contributed by atoms with Gasteiger partial charge < -0.3 is 9.13 Å². The zero-order valence-electron chi connectivity index (χ0n) is 36.1. The highest BCUT2D eigenvalue weighted by molar-refractivity contribution is 6.13. The van der Waals surface area contributed by atoms with Crippen molar-refractivity contribution in [3.8, 4) is 73.3 Å². The lowest BCUT2D eigenvalue weighted by Gasteiger charge is -2.22. The molecule has 4 heterocycles. The van der Waals surface area contributed by atoms with Gasteiger partial charge in [-0.25, -0.2) is 22.0 Å². The van der Waals surface area contributed by atoms with Crippen molar-refractivity contribution < 1.29 is 22.0 Å². The third-order valence-corrected chi connectivity index (χ3v) is 12.8. The van der Waals surface area contributed by atoms with Crippen molar-refractivity contribution in [2.24, 2.45) is 0 Å². The Morgan fingerprint density at radius 2 is 0.739 bits per heavy atom. The first-order valence-corrected chi connectivity index (χ1v) is 22.0. The number of hydrogen-bond acceptors (Lipinski definition) is 3. The summed E-state index contributed by atoms with van der Waals surface area (Å²) in [5.74, 6) is -10.5. The van der Waals surface area contributed by atoms with Crippen LogP contribution in [0.5, 0.6) is 0 Å². The summed E-state index contributed by atoms with van der Waals surface area (Å²) in [6, 6.07) is 58.7. The zero-order valence-corrected chi connectivity index (χ0v) is 36.1. The van der Waals surface area contributed by atoms with Gasteiger partial charge in [-0.2, -0.15) is 5.26 Å². The number of halogens is 5. The van der Waals surface area contributed by atoms with E-state index in [2.05, 4.69) is 6.07 Å². The predicted molar refractivity (Wildman–Crippen MR) is 262 cm³/mol. The number of pyridine rings is 2. The van der Waals surface area contributed by atoms with E-state index in [1.54, 1.807) is 33.7 Å². The summed E-state index contributed by atoms with van der Waals surface area (Å²) in [6.45, 7) is 0. The molecule has 0 saturated heterocycles. The summed E-state index contributed by atoms with van der Waals surface area (Å²) < 4.78 is 83.1. The van der Waals surface area contributed by atoms with Gasteiger partial charge in [0, 0.05) is 61.8 Å². The lowest BCUT2D eigenvalue weighted by Crippen LogP contribution is -2.10. The van der Waals surface area contributed by atoms with E-state index >= 15 is 17.6 Å². The molecule has 0 bridgehead atoms. The average Bonchev–Trinajstić information content (AvgIpc) is 3.92. The summed E-state index contributed by atoms with van der Waals surface area (Å²) in [7, 11) is 0. The lowest BCUT2D eigenvalue weighted by molar-refractivity contribution is 0.381. The number of fused-ring (bicyclic) bond motifs is 6. The van der Waals surface area contributed by atoms with Crippen LogP contribution in [0.4, 0.5) is 22.0 Å². The van der Waals surface area contributed by atoms with Crippen molar-refractivity contribution in [3.63, 3.8) is 0 Å². The van der Waals surface area contributed by atoms with E-state index in [1.807, 2.05) is 158 Å². The molecule has 12 aromatic rings. The number of rotatable bonds is 7. The average molecular weight is 906 g/mol. The van der Waals surface area contributed by atoms with Crippen LogP contribution in [-0.2, 0) is 0 Å². The highest BCUT2D eigenvalue weighted by atomic mass is 19.2. The Balaban J connectivity index is 1.12. The Bertz CT molecular complexity index is 3810. The van der Waals surface area contributed by atoms with Crippen LogP contribution in [-0.4, -0.2) is 19.1 Å². The van der Waals surface area contributed by atoms with Crippen LogP contribution >= 0.6 is 0 Å². The molecule has 0 aliphatic rings. The van der Waals surface area contributed by atoms with E-state index in [9.17, 15) is 9.65 Å². The fourth-order valence-corrected chi connectivity index (χ4v) is 9.62. The van der Waals surface area contributed by atoms with Crippen LogP contribution in [0.3, 0.4) is 0 Å². The number of para-hydroxylation sites is 2. The SMILES string of the molecule is N#Cc1cc(-n2c3ccccc3c3cc(-c4ccc(-c5ccccc5)nc4)ccc32)c(-c2c(F)c(F)c(F)c(F)c2F)c(-n2c3ccccc3c3cc(-c4ccc(-c5ccccc5)nc4)ccc32)c1. The molecule has 0 saturated carbocycles. The smallest absolute Gasteiger partial charge is 0.200 e. The normalized spacial score (nSPS) is 11.5. The van der Waals surface area contributed by atoms with Gasteiger partial charge in [0.25, 0.3) is 0 Å². The van der Waals surface area contributed by atoms with Crippen LogP contribution in [0.2, 0.25) is 0 Å². The molecular formula is C59H32F5N5. The van der Waals surface area contributed by atoms with Crippen molar-refractivity contribution >= 4 is 43.6 Å². The second-order valence-electron chi connectivity index (χ2n) is 16.7. The van der Waals surface area contributed by atoms with Crippen molar-refractivity contribution in [2.45, 2.75) is 0 Å². The van der Waals surface area contributed by atoms with Crippen molar-refractivity contribution in [2.75, 3.05) is 0 Å². The maximum atomic E-state index is 16.7. The molecule has 0 atom stereocenters. The Hall–Kier alpha value is -9.20. The molecule has 0 unspecified atom stereocenters. The molecule has 328 valence electrons. The minimum atomic E-state index is -2.28. The highest BCUT2D eigenvalue weighted by Crippen LogP contribution is 2.46. The topological polar surface area (TPSA) is 59.4 Å². The molecule has 0 fully saturated rings. The molecule has 10 heteroatoms. The fraction of sp³-hybridized carbons (Fsp3) is 0. The minimum Gasteiger partial charge on any atom is -0.308 e. The lowest BCUT2D eigenvalue weighted by atomic mass is 9.96. The van der Waals surface area contributed by atoms with Crippen LogP contribution in [0.15, 0.2) is 194 Å². The summed E-state index contributed by atoms with van der Waals surface area (Å²) in [5, 5.41) is 13.7. The quantitative estimate of drug-likeness (QED) is 0.0909. The molecule has 5 nitrogen and oxygen atoms in total. The van der Waals surface area contributed by atoms with Crippen molar-refractivity contribution in [3.05, 3.63) is 229 Å². The summed E-state index contributed by atoms with van der Waals surface area (Å²) in [6.07, 6.45) is 3.58. The number of benzene rings is 8. The Morgan fingerprint density at radius 1 is 0.348 bits per heavy atom. The number of nitriles is 1. The van der Waals surface area contributed by atoms with E-state index in [-0.39, 0.29) is 22.5 Å². The number of aromatic nitrogens is 4. The van der Waals surface area contributed by atoms with Gasteiger partial charge in [-0.05, 0) is 71.8 Å². The van der Waals surface area contributed by atoms with Crippen LogP contribution in [0, 0.1) is 40.4 Å². The van der Waals surface area contributed by atoms with Gasteiger partial charge in [0.1, 0.15) is 0 Å². The van der Waals surface area contributed by atoms with E-state index in [4.69, 9.17) is 9.97 Å². The highest BCUT2D eigenvalue weighted by Gasteiger charge is 2.32. The zero-order chi connectivity index (χ0) is 46.9. The largest absolute Gasteiger partial charge is 0.308 e. The maximum absolute atomic E-state index is 16.7. The second kappa shape index (κ2) is 16.3. The molecule has 12 rings (SSSR count). The molecule has 0 N–H and O–H groups in total. The van der Waals surface area contributed by atoms with Crippen LogP contribution in [0.25, 0.3) is 111 Å². The third-order valence-electron chi connectivity index (χ3n) is 12.8. The second-order valence-corrected chi connectivity index (χ2v) is 16.7. The van der Waals surface area contributed by atoms with Gasteiger partial charge in [-0.3, -0.25) is 9.97 Å². The van der Waals surface area contributed by atoms with E-state index in [1.165, 1.54) is 12.1 Å². The Kier molecular flexibility index (Phi) is 9.74. The molecule has 4 aromatic heterocycles. The first-order chi connectivity index (χ1) is 33.8. The molecule has 69 heavy (non-hydrogen) atoms. The van der Waals surface area contributed by atoms with Crippen molar-refractivity contribution in [1.82, 2.24) is 19.1 Å². The molecular weight excluding hydrogens is 874 g/mol. The van der Waals surface area contributed by atoms with E-state index < -0.39 is 34.6 Å². The molecule has 0 amide bonds. The van der Waals surface area contributed by atoms with Gasteiger partial charge >= 0.3 is 0 Å². The molecule has 0 radical (unpaired) electrons. The van der Waals surface area contributed by atoms with Gasteiger partial charge in [-0.1, -0.05) is 121 Å². The first-order valence-electron chi connectivity index (χ1n) is 22.0. The molecule has 0 aliphatic carbocycles. The number of nitrogens with zero attached hydrogens (tertiary/aromatic N) is 5. The summed E-state index contributed by atoms with van der Waals surface area (Å²) in [4.78, 5) is 9.47. The van der Waals surface area contributed by atoms with Gasteiger partial charge in [-0.15, -0.1) is 0 Å². The van der Waals surface area contributed by atoms with Crippen LogP contribution in [0.1, 0.15) is 5.56 Å². The Labute approximate surface area is 390 Å². The summed E-state index contributed by atoms with van der Waals surface area (Å²) >= 11 is 0. The number of hydrogen-bond donors (Lipinski definition) is 0. The van der Waals surface area contributed by atoms with Gasteiger partial charge in [0.15, 0.2) is 23.3 Å². The standard InChI is InChI=1S/C59H32F5N5/c60-55-54(56(61)58(63)59(64)57(55)62)53-51(68-47-17-9-7-15-41(47)43-29-37(21-25-49(43)68)39-19-23-45(66-32-39)35-11-3-1-4-12-35)27-34(31-65)28-52(53)69-48-18-10-8-16-42(48)44-30-38(22-26-50(44)69)40-20-24-46(67-33-40)36-13-5-2-6-14-36/h1-30,32-33H. The van der Waals surface area contributed by atoms with Gasteiger partial charge in [0.05, 0.1) is 62.0 Å². The minimum absolute atomic E-state index is 0.0206. The maximum Gasteiger partial charge on any atom is 0.200 e. The fourth-order valence-electron chi connectivity index (χ4n) is 9.62.